The van der Waals surface area contributed by atoms with Crippen molar-refractivity contribution in [3.63, 3.8) is 0 Å². The molecule has 0 aliphatic rings. The normalized spacial score (nSPS) is 12.9. The van der Waals surface area contributed by atoms with Crippen molar-refractivity contribution in [3.8, 4) is 0 Å². The van der Waals surface area contributed by atoms with Gasteiger partial charge in [-0.2, -0.15) is 0 Å². The Bertz CT molecular complexity index is 160. The largest absolute Gasteiger partial charge is 0.392 e. The SMILES string of the molecule is CCCCNC(=O)CN(C)CC(C)O. The van der Waals surface area contributed by atoms with Crippen molar-refractivity contribution >= 4 is 5.91 Å². The Balaban J connectivity index is 3.50. The molecule has 1 atom stereocenters. The van der Waals surface area contributed by atoms with Crippen LogP contribution in [0.4, 0.5) is 0 Å². The van der Waals surface area contributed by atoms with Crippen LogP contribution in [0, 0.1) is 0 Å². The van der Waals surface area contributed by atoms with Crippen LogP contribution in [0.15, 0.2) is 0 Å². The van der Waals surface area contributed by atoms with Crippen LogP contribution in [0.5, 0.6) is 0 Å². The van der Waals surface area contributed by atoms with Gasteiger partial charge in [0.25, 0.3) is 0 Å². The Morgan fingerprint density at radius 3 is 2.71 bits per heavy atom. The first-order chi connectivity index (χ1) is 6.56. The smallest absolute Gasteiger partial charge is 0.234 e. The fourth-order valence-corrected chi connectivity index (χ4v) is 1.22. The van der Waals surface area contributed by atoms with E-state index in [0.717, 1.165) is 19.4 Å². The van der Waals surface area contributed by atoms with Crippen LogP contribution in [0.1, 0.15) is 26.7 Å². The zero-order chi connectivity index (χ0) is 11.0. The molecule has 1 amide bonds. The number of amides is 1. The molecule has 0 fully saturated rings. The molecule has 84 valence electrons. The molecule has 0 aliphatic carbocycles. The molecule has 14 heavy (non-hydrogen) atoms. The van der Waals surface area contributed by atoms with Crippen molar-refractivity contribution in [2.24, 2.45) is 0 Å². The monoisotopic (exact) mass is 202 g/mol. The molecule has 0 heterocycles. The van der Waals surface area contributed by atoms with Gasteiger partial charge in [0.05, 0.1) is 12.6 Å². The molecular weight excluding hydrogens is 180 g/mol. The Kier molecular flexibility index (Phi) is 7.42. The lowest BCUT2D eigenvalue weighted by atomic mass is 10.3. The van der Waals surface area contributed by atoms with E-state index >= 15 is 0 Å². The first kappa shape index (κ1) is 13.4. The summed E-state index contributed by atoms with van der Waals surface area (Å²) in [6.07, 6.45) is 1.72. The van der Waals surface area contributed by atoms with Crippen molar-refractivity contribution in [3.05, 3.63) is 0 Å². The third kappa shape index (κ3) is 8.01. The van der Waals surface area contributed by atoms with Crippen LogP contribution < -0.4 is 5.32 Å². The maximum absolute atomic E-state index is 11.3. The molecule has 4 heteroatoms. The van der Waals surface area contributed by atoms with Gasteiger partial charge >= 0.3 is 0 Å². The fraction of sp³-hybridized carbons (Fsp3) is 0.900. The molecule has 0 bridgehead atoms. The van der Waals surface area contributed by atoms with Gasteiger partial charge in [0.2, 0.25) is 5.91 Å². The summed E-state index contributed by atoms with van der Waals surface area (Å²) in [7, 11) is 1.83. The van der Waals surface area contributed by atoms with Crippen LogP contribution in [0.25, 0.3) is 0 Å². The minimum Gasteiger partial charge on any atom is -0.392 e. The number of unbranched alkanes of at least 4 members (excludes halogenated alkanes) is 1. The average Bonchev–Trinajstić information content (AvgIpc) is 2.02. The van der Waals surface area contributed by atoms with E-state index in [0.29, 0.717) is 13.1 Å². The van der Waals surface area contributed by atoms with Crippen LogP contribution in [0.2, 0.25) is 0 Å². The van der Waals surface area contributed by atoms with Crippen LogP contribution >= 0.6 is 0 Å². The molecule has 0 saturated heterocycles. The molecule has 0 radical (unpaired) electrons. The van der Waals surface area contributed by atoms with E-state index < -0.39 is 0 Å². The van der Waals surface area contributed by atoms with Gasteiger partial charge in [-0.05, 0) is 20.4 Å². The van der Waals surface area contributed by atoms with Crippen molar-refractivity contribution in [2.45, 2.75) is 32.8 Å². The van der Waals surface area contributed by atoms with Gasteiger partial charge in [0.1, 0.15) is 0 Å². The first-order valence-electron chi connectivity index (χ1n) is 5.19. The van der Waals surface area contributed by atoms with Gasteiger partial charge in [0, 0.05) is 13.1 Å². The number of carbonyl (C=O) groups excluding carboxylic acids is 1. The van der Waals surface area contributed by atoms with E-state index in [1.54, 1.807) is 6.92 Å². The number of nitrogens with one attached hydrogen (secondary N) is 1. The van der Waals surface area contributed by atoms with Gasteiger partial charge < -0.3 is 10.4 Å². The highest BCUT2D eigenvalue weighted by atomic mass is 16.3. The Labute approximate surface area is 86.3 Å². The standard InChI is InChI=1S/C10H22N2O2/c1-4-5-6-11-10(14)8-12(3)7-9(2)13/h9,13H,4-8H2,1-3H3,(H,11,14). The van der Waals surface area contributed by atoms with Crippen LogP contribution in [0.3, 0.4) is 0 Å². The molecule has 0 rings (SSSR count). The first-order valence-corrected chi connectivity index (χ1v) is 5.19. The van der Waals surface area contributed by atoms with Crippen LogP contribution in [-0.4, -0.2) is 48.7 Å². The van der Waals surface area contributed by atoms with Gasteiger partial charge in [0.15, 0.2) is 0 Å². The van der Waals surface area contributed by atoms with Gasteiger partial charge in [-0.15, -0.1) is 0 Å². The zero-order valence-corrected chi connectivity index (χ0v) is 9.42. The summed E-state index contributed by atoms with van der Waals surface area (Å²) in [6.45, 7) is 5.44. The number of likely N-dealkylation sites (N-methyl/N-ethyl adjacent to an activating group) is 1. The number of aliphatic hydroxyl groups excluding tert-OH is 1. The summed E-state index contributed by atoms with van der Waals surface area (Å²) < 4.78 is 0. The molecule has 0 aromatic rings. The number of hydrogen-bond acceptors (Lipinski definition) is 3. The van der Waals surface area contributed by atoms with Gasteiger partial charge in [-0.1, -0.05) is 13.3 Å². The molecule has 1 unspecified atom stereocenters. The number of aliphatic hydroxyl groups is 1. The fourth-order valence-electron chi connectivity index (χ4n) is 1.22. The second-order valence-electron chi connectivity index (χ2n) is 3.75. The lowest BCUT2D eigenvalue weighted by Crippen LogP contribution is -2.38. The van der Waals surface area contributed by atoms with Crippen molar-refractivity contribution in [2.75, 3.05) is 26.7 Å². The Hall–Kier alpha value is -0.610. The molecule has 0 saturated carbocycles. The highest BCUT2D eigenvalue weighted by molar-refractivity contribution is 5.77. The number of hydrogen-bond donors (Lipinski definition) is 2. The second kappa shape index (κ2) is 7.76. The molecular formula is C10H22N2O2. The van der Waals surface area contributed by atoms with E-state index in [2.05, 4.69) is 12.2 Å². The van der Waals surface area contributed by atoms with E-state index in [9.17, 15) is 4.79 Å². The highest BCUT2D eigenvalue weighted by Crippen LogP contribution is 1.88. The summed E-state index contributed by atoms with van der Waals surface area (Å²) in [4.78, 5) is 13.1. The second-order valence-corrected chi connectivity index (χ2v) is 3.75. The van der Waals surface area contributed by atoms with Gasteiger partial charge in [-0.25, -0.2) is 0 Å². The van der Waals surface area contributed by atoms with E-state index in [1.807, 2.05) is 11.9 Å². The van der Waals surface area contributed by atoms with E-state index in [1.165, 1.54) is 0 Å². The minimum absolute atomic E-state index is 0.0293. The Morgan fingerprint density at radius 2 is 2.21 bits per heavy atom. The molecule has 0 aromatic carbocycles. The summed E-state index contributed by atoms with van der Waals surface area (Å²) >= 11 is 0. The zero-order valence-electron chi connectivity index (χ0n) is 9.42. The van der Waals surface area contributed by atoms with E-state index in [4.69, 9.17) is 5.11 Å². The molecule has 4 nitrogen and oxygen atoms in total. The third-order valence-electron chi connectivity index (χ3n) is 1.84. The summed E-state index contributed by atoms with van der Waals surface area (Å²) in [5.41, 5.74) is 0. The number of nitrogens with zero attached hydrogens (tertiary/aromatic N) is 1. The van der Waals surface area contributed by atoms with Crippen molar-refractivity contribution in [1.29, 1.82) is 0 Å². The lowest BCUT2D eigenvalue weighted by molar-refractivity contribution is -0.122. The number of carbonyl (C=O) groups is 1. The maximum atomic E-state index is 11.3. The summed E-state index contributed by atoms with van der Waals surface area (Å²) in [5.74, 6) is 0.0293. The van der Waals surface area contributed by atoms with Crippen LogP contribution in [-0.2, 0) is 4.79 Å². The number of rotatable bonds is 7. The highest BCUT2D eigenvalue weighted by Gasteiger charge is 2.07. The molecule has 0 spiro atoms. The molecule has 2 N–H and O–H groups in total. The molecule has 0 aliphatic heterocycles. The maximum Gasteiger partial charge on any atom is 0.234 e. The third-order valence-corrected chi connectivity index (χ3v) is 1.84. The predicted molar refractivity (Wildman–Crippen MR) is 57.1 cm³/mol. The minimum atomic E-state index is -0.386. The van der Waals surface area contributed by atoms with E-state index in [-0.39, 0.29) is 12.0 Å². The average molecular weight is 202 g/mol. The lowest BCUT2D eigenvalue weighted by Gasteiger charge is -2.17. The van der Waals surface area contributed by atoms with Crippen molar-refractivity contribution < 1.29 is 9.90 Å². The Morgan fingerprint density at radius 1 is 1.57 bits per heavy atom. The summed E-state index contributed by atoms with van der Waals surface area (Å²) in [6, 6.07) is 0. The summed E-state index contributed by atoms with van der Waals surface area (Å²) in [5, 5.41) is 11.9. The molecule has 0 aromatic heterocycles. The van der Waals surface area contributed by atoms with Crippen molar-refractivity contribution in [1.82, 2.24) is 10.2 Å². The topological polar surface area (TPSA) is 52.6 Å². The quantitative estimate of drug-likeness (QED) is 0.580. The predicted octanol–water partition coefficient (Wildman–Crippen LogP) is 0.215. The van der Waals surface area contributed by atoms with Gasteiger partial charge in [-0.3, -0.25) is 9.69 Å².